The zero-order valence-electron chi connectivity index (χ0n) is 14.2. The van der Waals surface area contributed by atoms with Gasteiger partial charge < -0.3 is 19.3 Å². The molecule has 0 bridgehead atoms. The molecule has 134 valence electrons. The summed E-state index contributed by atoms with van der Waals surface area (Å²) in [5.41, 5.74) is 0.503. The number of amides is 1. The van der Waals surface area contributed by atoms with E-state index in [0.717, 1.165) is 25.2 Å². The quantitative estimate of drug-likeness (QED) is 0.886. The van der Waals surface area contributed by atoms with E-state index in [0.29, 0.717) is 31.2 Å². The normalized spacial score (nSPS) is 15.5. The number of phenols is 1. The maximum atomic E-state index is 12.6. The van der Waals surface area contributed by atoms with Gasteiger partial charge in [-0.3, -0.25) is 4.79 Å². The second-order valence-corrected chi connectivity index (χ2v) is 6.61. The topological polar surface area (TPSA) is 67.6 Å². The Kier molecular flexibility index (Phi) is 5.60. The molecular weight excluding hydrogens is 342 g/mol. The molecule has 1 amide bonds. The van der Waals surface area contributed by atoms with Gasteiger partial charge in [-0.1, -0.05) is 11.6 Å². The molecule has 1 aliphatic heterocycles. The monoisotopic (exact) mass is 363 g/mol. The Morgan fingerprint density at radius 2 is 2.16 bits per heavy atom. The minimum atomic E-state index is -0.0527. The summed E-state index contributed by atoms with van der Waals surface area (Å²) >= 11 is 5.90. The van der Waals surface area contributed by atoms with Crippen molar-refractivity contribution in [2.45, 2.75) is 25.3 Å². The molecule has 1 aromatic carbocycles. The predicted molar refractivity (Wildman–Crippen MR) is 95.1 cm³/mol. The molecule has 1 N–H and O–H groups in total. The maximum absolute atomic E-state index is 12.6. The highest BCUT2D eigenvalue weighted by molar-refractivity contribution is 6.32. The molecule has 1 aromatic heterocycles. The molecule has 2 aromatic rings. The van der Waals surface area contributed by atoms with Crippen molar-refractivity contribution in [2.75, 3.05) is 26.8 Å². The van der Waals surface area contributed by atoms with Crippen LogP contribution in [0.1, 0.15) is 34.9 Å². The number of carbonyl (C=O) groups excluding carboxylic acids is 1. The summed E-state index contributed by atoms with van der Waals surface area (Å²) in [6.07, 6.45) is 5.55. The number of methoxy groups -OCH3 is 1. The molecule has 1 aliphatic rings. The van der Waals surface area contributed by atoms with Gasteiger partial charge in [0.25, 0.3) is 5.91 Å². The summed E-state index contributed by atoms with van der Waals surface area (Å²) in [4.78, 5) is 18.9. The number of ether oxygens (including phenoxy) is 1. The fourth-order valence-electron chi connectivity index (χ4n) is 3.22. The summed E-state index contributed by atoms with van der Waals surface area (Å²) in [5, 5.41) is 9.68. The van der Waals surface area contributed by atoms with E-state index in [9.17, 15) is 9.90 Å². The van der Waals surface area contributed by atoms with Crippen molar-refractivity contribution in [3.63, 3.8) is 0 Å². The van der Waals surface area contributed by atoms with Crippen LogP contribution in [-0.2, 0) is 11.3 Å². The predicted octanol–water partition coefficient (Wildman–Crippen LogP) is 2.91. The van der Waals surface area contributed by atoms with Crippen LogP contribution < -0.4 is 0 Å². The number of likely N-dealkylation sites (tertiary alicyclic amines) is 1. The van der Waals surface area contributed by atoms with E-state index in [-0.39, 0.29) is 16.7 Å². The first-order valence-electron chi connectivity index (χ1n) is 8.38. The number of piperidine rings is 1. The standard InChI is InChI=1S/C18H22ClN3O3/c1-25-11-10-21-9-6-20-17(21)13-4-7-22(8-5-13)18(24)14-2-3-16(23)15(19)12-14/h2-3,6,9,12-13,23H,4-5,7-8,10-11H2,1H3. The Bertz CT molecular complexity index is 739. The van der Waals surface area contributed by atoms with Crippen LogP contribution in [0, 0.1) is 0 Å². The van der Waals surface area contributed by atoms with Crippen LogP contribution in [0.4, 0.5) is 0 Å². The number of phenolic OH excluding ortho intramolecular Hbond substituents is 1. The molecule has 2 heterocycles. The van der Waals surface area contributed by atoms with Crippen molar-refractivity contribution in [2.24, 2.45) is 0 Å². The SMILES string of the molecule is COCCn1ccnc1C1CCN(C(=O)c2ccc(O)c(Cl)c2)CC1. The minimum Gasteiger partial charge on any atom is -0.506 e. The van der Waals surface area contributed by atoms with Gasteiger partial charge in [-0.25, -0.2) is 4.98 Å². The number of aromatic nitrogens is 2. The number of carbonyl (C=O) groups is 1. The van der Waals surface area contributed by atoms with Crippen LogP contribution in [0.2, 0.25) is 5.02 Å². The summed E-state index contributed by atoms with van der Waals surface area (Å²) in [7, 11) is 1.69. The van der Waals surface area contributed by atoms with Gasteiger partial charge in [-0.15, -0.1) is 0 Å². The lowest BCUT2D eigenvalue weighted by molar-refractivity contribution is 0.0710. The molecule has 25 heavy (non-hydrogen) atoms. The average molecular weight is 364 g/mol. The van der Waals surface area contributed by atoms with Gasteiger partial charge in [0.2, 0.25) is 0 Å². The summed E-state index contributed by atoms with van der Waals surface area (Å²) < 4.78 is 7.27. The highest BCUT2D eigenvalue weighted by Gasteiger charge is 2.27. The van der Waals surface area contributed by atoms with Crippen molar-refractivity contribution in [1.82, 2.24) is 14.5 Å². The first-order chi connectivity index (χ1) is 12.1. The maximum Gasteiger partial charge on any atom is 0.253 e. The third-order valence-electron chi connectivity index (χ3n) is 4.63. The van der Waals surface area contributed by atoms with Crippen molar-refractivity contribution in [1.29, 1.82) is 0 Å². The van der Waals surface area contributed by atoms with Gasteiger partial charge in [0.1, 0.15) is 11.6 Å². The highest BCUT2D eigenvalue weighted by atomic mass is 35.5. The molecule has 0 atom stereocenters. The van der Waals surface area contributed by atoms with Gasteiger partial charge in [-0.2, -0.15) is 0 Å². The van der Waals surface area contributed by atoms with E-state index >= 15 is 0 Å². The van der Waals surface area contributed by atoms with Crippen molar-refractivity contribution in [3.8, 4) is 5.75 Å². The third kappa shape index (κ3) is 3.96. The van der Waals surface area contributed by atoms with E-state index in [4.69, 9.17) is 16.3 Å². The fraction of sp³-hybridized carbons (Fsp3) is 0.444. The van der Waals surface area contributed by atoms with Crippen LogP contribution in [0.5, 0.6) is 5.75 Å². The van der Waals surface area contributed by atoms with Crippen LogP contribution in [0.15, 0.2) is 30.6 Å². The van der Waals surface area contributed by atoms with Gasteiger partial charge in [0.15, 0.2) is 0 Å². The lowest BCUT2D eigenvalue weighted by Gasteiger charge is -2.32. The second kappa shape index (κ2) is 7.89. The minimum absolute atomic E-state index is 0.0141. The molecular formula is C18H22ClN3O3. The summed E-state index contributed by atoms with van der Waals surface area (Å²) in [5.74, 6) is 1.35. The zero-order valence-corrected chi connectivity index (χ0v) is 14.9. The molecule has 0 spiro atoms. The molecule has 0 radical (unpaired) electrons. The fourth-order valence-corrected chi connectivity index (χ4v) is 3.40. The lowest BCUT2D eigenvalue weighted by atomic mass is 9.95. The largest absolute Gasteiger partial charge is 0.506 e. The van der Waals surface area contributed by atoms with E-state index in [1.54, 1.807) is 13.2 Å². The Hall–Kier alpha value is -2.05. The van der Waals surface area contributed by atoms with Gasteiger partial charge in [0.05, 0.1) is 11.6 Å². The third-order valence-corrected chi connectivity index (χ3v) is 4.93. The Balaban J connectivity index is 1.62. The molecule has 1 fully saturated rings. The Morgan fingerprint density at radius 3 is 2.84 bits per heavy atom. The van der Waals surface area contributed by atoms with E-state index in [2.05, 4.69) is 9.55 Å². The number of hydrogen-bond acceptors (Lipinski definition) is 4. The van der Waals surface area contributed by atoms with Gasteiger partial charge >= 0.3 is 0 Å². The van der Waals surface area contributed by atoms with Gasteiger partial charge in [-0.05, 0) is 31.0 Å². The van der Waals surface area contributed by atoms with Gasteiger partial charge in [0, 0.05) is 50.6 Å². The summed E-state index contributed by atoms with van der Waals surface area (Å²) in [6, 6.07) is 4.57. The Morgan fingerprint density at radius 1 is 1.40 bits per heavy atom. The molecule has 0 aliphatic carbocycles. The molecule has 7 heteroatoms. The smallest absolute Gasteiger partial charge is 0.253 e. The first-order valence-corrected chi connectivity index (χ1v) is 8.75. The molecule has 0 unspecified atom stereocenters. The first kappa shape index (κ1) is 17.8. The lowest BCUT2D eigenvalue weighted by Crippen LogP contribution is -2.38. The van der Waals surface area contributed by atoms with Crippen LogP contribution >= 0.6 is 11.6 Å². The van der Waals surface area contributed by atoms with Crippen LogP contribution in [0.3, 0.4) is 0 Å². The van der Waals surface area contributed by atoms with Crippen LogP contribution in [-0.4, -0.2) is 52.3 Å². The molecule has 0 saturated carbocycles. The molecule has 6 nitrogen and oxygen atoms in total. The zero-order chi connectivity index (χ0) is 17.8. The number of nitrogens with zero attached hydrogens (tertiary/aromatic N) is 3. The van der Waals surface area contributed by atoms with Crippen molar-refractivity contribution >= 4 is 17.5 Å². The van der Waals surface area contributed by atoms with E-state index in [1.165, 1.54) is 12.1 Å². The number of rotatable bonds is 5. The summed E-state index contributed by atoms with van der Waals surface area (Å²) in [6.45, 7) is 2.80. The highest BCUT2D eigenvalue weighted by Crippen LogP contribution is 2.29. The molecule has 1 saturated heterocycles. The average Bonchev–Trinajstić information content (AvgIpc) is 3.10. The van der Waals surface area contributed by atoms with E-state index < -0.39 is 0 Å². The molecule has 3 rings (SSSR count). The number of imidazole rings is 1. The van der Waals surface area contributed by atoms with E-state index in [1.807, 2.05) is 17.3 Å². The number of hydrogen-bond donors (Lipinski definition) is 1. The Labute approximate surface area is 152 Å². The van der Waals surface area contributed by atoms with Crippen molar-refractivity contribution < 1.29 is 14.6 Å². The van der Waals surface area contributed by atoms with Crippen molar-refractivity contribution in [3.05, 3.63) is 47.0 Å². The van der Waals surface area contributed by atoms with Crippen LogP contribution in [0.25, 0.3) is 0 Å². The number of aromatic hydroxyl groups is 1. The number of benzene rings is 1. The number of halogens is 1. The second-order valence-electron chi connectivity index (χ2n) is 6.20.